The van der Waals surface area contributed by atoms with Gasteiger partial charge in [-0.1, -0.05) is 41.0 Å². The highest BCUT2D eigenvalue weighted by molar-refractivity contribution is 5.78. The van der Waals surface area contributed by atoms with Gasteiger partial charge in [0, 0.05) is 28.0 Å². The summed E-state index contributed by atoms with van der Waals surface area (Å²) < 4.78 is 17.7. The van der Waals surface area contributed by atoms with E-state index in [1.54, 1.807) is 21.3 Å². The summed E-state index contributed by atoms with van der Waals surface area (Å²) in [6, 6.07) is 0. The second-order valence-corrected chi connectivity index (χ2v) is 9.36. The minimum atomic E-state index is -0.187. The first-order valence-electron chi connectivity index (χ1n) is 10.0. The van der Waals surface area contributed by atoms with Crippen molar-refractivity contribution in [2.75, 3.05) is 21.3 Å². The lowest BCUT2D eigenvalue weighted by molar-refractivity contribution is -0.112. The molecule has 1 saturated carbocycles. The smallest absolute Gasteiger partial charge is 0.168 e. The molecule has 0 amide bonds. The topological polar surface area (TPSA) is 44.8 Å². The van der Waals surface area contributed by atoms with Crippen LogP contribution in [0, 0.1) is 11.3 Å². The predicted octanol–water partition coefficient (Wildman–Crippen LogP) is 5.22. The second kappa shape index (κ2) is 6.72. The van der Waals surface area contributed by atoms with E-state index in [1.165, 1.54) is 0 Å². The van der Waals surface area contributed by atoms with E-state index in [4.69, 9.17) is 14.2 Å². The first kappa shape index (κ1) is 20.0. The number of aldehydes is 1. The number of hydrogen-bond acceptors (Lipinski definition) is 4. The van der Waals surface area contributed by atoms with Crippen LogP contribution >= 0.6 is 0 Å². The molecule has 2 aliphatic carbocycles. The number of fused-ring (bicyclic) bond motifs is 3. The number of carbonyl (C=O) groups excluding carboxylic acids is 1. The summed E-state index contributed by atoms with van der Waals surface area (Å²) in [6.45, 7) is 11.1. The minimum Gasteiger partial charge on any atom is -0.496 e. The fraction of sp³-hybridized carbons (Fsp3) is 0.696. The molecule has 0 radical (unpaired) electrons. The molecule has 0 bridgehead atoms. The molecule has 0 aliphatic heterocycles. The molecule has 27 heavy (non-hydrogen) atoms. The van der Waals surface area contributed by atoms with Crippen molar-refractivity contribution in [1.29, 1.82) is 0 Å². The van der Waals surface area contributed by atoms with E-state index >= 15 is 0 Å². The van der Waals surface area contributed by atoms with Crippen molar-refractivity contribution in [3.63, 3.8) is 0 Å². The Kier molecular flexibility index (Phi) is 4.98. The maximum absolute atomic E-state index is 12.4. The number of rotatable bonds is 5. The van der Waals surface area contributed by atoms with Gasteiger partial charge in [0.05, 0.1) is 21.3 Å². The second-order valence-electron chi connectivity index (χ2n) is 9.36. The maximum Gasteiger partial charge on any atom is 0.168 e. The SMILES string of the molecule is COc1c(OC)c2c(c(OC)c1C(C)C)[C@@H](C=O)[C@H]1C(C)(C)CCC[C@]21C. The molecule has 4 nitrogen and oxygen atoms in total. The minimum absolute atomic E-state index is 0.0683. The van der Waals surface area contributed by atoms with Crippen LogP contribution in [0.3, 0.4) is 0 Å². The fourth-order valence-corrected chi connectivity index (χ4v) is 6.31. The van der Waals surface area contributed by atoms with Gasteiger partial charge >= 0.3 is 0 Å². The van der Waals surface area contributed by atoms with E-state index in [2.05, 4.69) is 34.6 Å². The molecule has 4 heteroatoms. The van der Waals surface area contributed by atoms with Gasteiger partial charge in [0.1, 0.15) is 12.0 Å². The molecule has 0 saturated heterocycles. The summed E-state index contributed by atoms with van der Waals surface area (Å²) in [4.78, 5) is 12.4. The van der Waals surface area contributed by atoms with Crippen molar-refractivity contribution in [3.05, 3.63) is 16.7 Å². The molecule has 0 heterocycles. The van der Waals surface area contributed by atoms with Crippen LogP contribution in [0.25, 0.3) is 0 Å². The van der Waals surface area contributed by atoms with Crippen LogP contribution in [0.15, 0.2) is 0 Å². The third-order valence-corrected chi connectivity index (χ3v) is 7.08. The van der Waals surface area contributed by atoms with Gasteiger partial charge in [-0.15, -0.1) is 0 Å². The highest BCUT2D eigenvalue weighted by Crippen LogP contribution is 2.68. The standard InChI is InChI=1S/C23H34O4/c1-13(2)15-18(25-6)16-14(12-24)21-22(3,4)10-9-11-23(21,5)17(16)20(27-8)19(15)26-7/h12-14,21H,9-11H2,1-8H3/t14-,21+,23-/m1/s1. The highest BCUT2D eigenvalue weighted by atomic mass is 16.5. The quantitative estimate of drug-likeness (QED) is 0.663. The van der Waals surface area contributed by atoms with Gasteiger partial charge < -0.3 is 19.0 Å². The number of benzene rings is 1. The monoisotopic (exact) mass is 374 g/mol. The Morgan fingerprint density at radius 3 is 2.04 bits per heavy atom. The Balaban J connectivity index is 2.48. The number of hydrogen-bond donors (Lipinski definition) is 0. The van der Waals surface area contributed by atoms with E-state index in [1.807, 2.05) is 0 Å². The molecular weight excluding hydrogens is 340 g/mol. The van der Waals surface area contributed by atoms with Gasteiger partial charge in [-0.3, -0.25) is 0 Å². The first-order chi connectivity index (χ1) is 12.7. The Labute approximate surface area is 163 Å². The van der Waals surface area contributed by atoms with Gasteiger partial charge in [-0.2, -0.15) is 0 Å². The number of carbonyl (C=O) groups is 1. The largest absolute Gasteiger partial charge is 0.496 e. The zero-order valence-electron chi connectivity index (χ0n) is 18.1. The van der Waals surface area contributed by atoms with Crippen LogP contribution in [0.2, 0.25) is 0 Å². The average molecular weight is 375 g/mol. The molecule has 1 fully saturated rings. The summed E-state index contributed by atoms with van der Waals surface area (Å²) >= 11 is 0. The van der Waals surface area contributed by atoms with Crippen LogP contribution in [-0.2, 0) is 10.2 Å². The van der Waals surface area contributed by atoms with Gasteiger partial charge in [0.25, 0.3) is 0 Å². The van der Waals surface area contributed by atoms with Gasteiger partial charge in [0.15, 0.2) is 11.5 Å². The molecular formula is C23H34O4. The van der Waals surface area contributed by atoms with Crippen LogP contribution in [0.4, 0.5) is 0 Å². The van der Waals surface area contributed by atoms with Crippen LogP contribution in [-0.4, -0.2) is 27.6 Å². The molecule has 0 aromatic heterocycles. The summed E-state index contributed by atoms with van der Waals surface area (Å²) in [6.07, 6.45) is 4.46. The Bertz CT molecular complexity index is 749. The van der Waals surface area contributed by atoms with Crippen molar-refractivity contribution in [2.24, 2.45) is 11.3 Å². The van der Waals surface area contributed by atoms with E-state index < -0.39 is 0 Å². The third kappa shape index (κ3) is 2.59. The van der Waals surface area contributed by atoms with Crippen molar-refractivity contribution < 1.29 is 19.0 Å². The van der Waals surface area contributed by atoms with Crippen molar-refractivity contribution in [3.8, 4) is 17.2 Å². The van der Waals surface area contributed by atoms with Crippen molar-refractivity contribution in [2.45, 2.75) is 71.1 Å². The Morgan fingerprint density at radius 2 is 1.56 bits per heavy atom. The van der Waals surface area contributed by atoms with E-state index in [-0.39, 0.29) is 28.6 Å². The number of methoxy groups -OCH3 is 3. The normalized spacial score (nSPS) is 28.5. The summed E-state index contributed by atoms with van der Waals surface area (Å²) in [5, 5.41) is 0. The highest BCUT2D eigenvalue weighted by Gasteiger charge is 2.59. The van der Waals surface area contributed by atoms with Crippen molar-refractivity contribution in [1.82, 2.24) is 0 Å². The fourth-order valence-electron chi connectivity index (χ4n) is 6.31. The lowest BCUT2D eigenvalue weighted by atomic mass is 9.55. The average Bonchev–Trinajstić information content (AvgIpc) is 2.89. The molecule has 0 spiro atoms. The molecule has 0 N–H and O–H groups in total. The molecule has 150 valence electrons. The molecule has 0 unspecified atom stereocenters. The van der Waals surface area contributed by atoms with E-state index in [0.717, 1.165) is 59.5 Å². The maximum atomic E-state index is 12.4. The van der Waals surface area contributed by atoms with Gasteiger partial charge in [-0.25, -0.2) is 0 Å². The Morgan fingerprint density at radius 1 is 0.963 bits per heavy atom. The number of ether oxygens (including phenoxy) is 3. The third-order valence-electron chi connectivity index (χ3n) is 7.08. The van der Waals surface area contributed by atoms with Crippen molar-refractivity contribution >= 4 is 6.29 Å². The predicted molar refractivity (Wildman–Crippen MR) is 107 cm³/mol. The zero-order valence-corrected chi connectivity index (χ0v) is 18.1. The van der Waals surface area contributed by atoms with E-state index in [0.29, 0.717) is 0 Å². The van der Waals surface area contributed by atoms with E-state index in [9.17, 15) is 4.79 Å². The molecule has 2 aliphatic rings. The lowest BCUT2D eigenvalue weighted by Gasteiger charge is -2.49. The molecule has 1 aromatic carbocycles. The molecule has 3 rings (SSSR count). The first-order valence-corrected chi connectivity index (χ1v) is 10.0. The molecule has 3 atom stereocenters. The van der Waals surface area contributed by atoms with Crippen LogP contribution < -0.4 is 14.2 Å². The van der Waals surface area contributed by atoms with Crippen LogP contribution in [0.1, 0.15) is 82.4 Å². The lowest BCUT2D eigenvalue weighted by Crippen LogP contribution is -2.44. The summed E-state index contributed by atoms with van der Waals surface area (Å²) in [7, 11) is 5.09. The van der Waals surface area contributed by atoms with Crippen LogP contribution in [0.5, 0.6) is 17.2 Å². The molecule has 1 aromatic rings. The van der Waals surface area contributed by atoms with Gasteiger partial charge in [0.2, 0.25) is 0 Å². The Hall–Kier alpha value is -1.71. The van der Waals surface area contributed by atoms with Gasteiger partial charge in [-0.05, 0) is 30.1 Å². The summed E-state index contributed by atoms with van der Waals surface area (Å²) in [5.74, 6) is 2.56. The zero-order chi connectivity index (χ0) is 20.1. The summed E-state index contributed by atoms with van der Waals surface area (Å²) in [5.41, 5.74) is 3.07.